The Labute approximate surface area is 108 Å². The first kappa shape index (κ1) is 13.9. The number of anilines is 1. The van der Waals surface area contributed by atoms with Crippen molar-refractivity contribution in [1.29, 1.82) is 0 Å². The van der Waals surface area contributed by atoms with Gasteiger partial charge in [0.2, 0.25) is 0 Å². The molecule has 0 aliphatic heterocycles. The fourth-order valence-electron chi connectivity index (χ4n) is 1.02. The van der Waals surface area contributed by atoms with Gasteiger partial charge in [-0.15, -0.1) is 0 Å². The number of hydrogen-bond acceptors (Lipinski definition) is 3. The van der Waals surface area contributed by atoms with Crippen molar-refractivity contribution in [3.8, 4) is 0 Å². The lowest BCUT2D eigenvalue weighted by Crippen LogP contribution is -2.29. The smallest absolute Gasteiger partial charge is 0.337 e. The molecule has 17 heavy (non-hydrogen) atoms. The number of nitrogens with zero attached hydrogens (tertiary/aromatic N) is 1. The highest BCUT2D eigenvalue weighted by molar-refractivity contribution is 9.10. The van der Waals surface area contributed by atoms with Crippen molar-refractivity contribution in [2.24, 2.45) is 0 Å². The number of carbonyl (C=O) groups is 1. The lowest BCUT2D eigenvalue weighted by molar-refractivity contribution is 0.0698. The van der Waals surface area contributed by atoms with Crippen LogP contribution in [-0.2, 0) is 10.2 Å². The van der Waals surface area contributed by atoms with Crippen molar-refractivity contribution >= 4 is 37.8 Å². The quantitative estimate of drug-likeness (QED) is 0.876. The average molecular weight is 323 g/mol. The molecule has 0 aliphatic carbocycles. The van der Waals surface area contributed by atoms with Crippen molar-refractivity contribution < 1.29 is 18.3 Å². The highest BCUT2D eigenvalue weighted by Gasteiger charge is 2.18. The zero-order valence-electron chi connectivity index (χ0n) is 9.14. The summed E-state index contributed by atoms with van der Waals surface area (Å²) in [5.41, 5.74) is -0.0980. The monoisotopic (exact) mass is 322 g/mol. The summed E-state index contributed by atoms with van der Waals surface area (Å²) < 4.78 is 26.9. The van der Waals surface area contributed by atoms with Crippen molar-refractivity contribution in [2.75, 3.05) is 18.8 Å². The van der Waals surface area contributed by atoms with Crippen LogP contribution < -0.4 is 4.72 Å². The maximum absolute atomic E-state index is 11.6. The highest BCUT2D eigenvalue weighted by Crippen LogP contribution is 2.22. The van der Waals surface area contributed by atoms with Crippen LogP contribution in [0.4, 0.5) is 5.69 Å². The molecule has 0 aliphatic rings. The molecule has 0 bridgehead atoms. The van der Waals surface area contributed by atoms with Gasteiger partial charge in [-0.3, -0.25) is 4.72 Å². The summed E-state index contributed by atoms with van der Waals surface area (Å²) in [7, 11) is -1.03. The Balaban J connectivity index is 3.22. The van der Waals surface area contributed by atoms with E-state index in [1.54, 1.807) is 0 Å². The fraction of sp³-hybridized carbons (Fsp3) is 0.222. The molecule has 0 aromatic heterocycles. The third-order valence-corrected chi connectivity index (χ3v) is 3.86. The van der Waals surface area contributed by atoms with E-state index in [2.05, 4.69) is 20.7 Å². The molecule has 0 unspecified atom stereocenters. The maximum Gasteiger partial charge on any atom is 0.337 e. The van der Waals surface area contributed by atoms with E-state index in [4.69, 9.17) is 5.11 Å². The van der Waals surface area contributed by atoms with Crippen LogP contribution in [0.5, 0.6) is 0 Å². The Morgan fingerprint density at radius 1 is 1.41 bits per heavy atom. The first-order chi connectivity index (χ1) is 7.74. The number of rotatable bonds is 4. The van der Waals surface area contributed by atoms with Gasteiger partial charge in [-0.1, -0.05) is 15.9 Å². The molecule has 0 amide bonds. The van der Waals surface area contributed by atoms with Gasteiger partial charge in [0.25, 0.3) is 0 Å². The van der Waals surface area contributed by atoms with E-state index in [9.17, 15) is 13.2 Å². The number of benzene rings is 1. The van der Waals surface area contributed by atoms with Crippen LogP contribution in [0.25, 0.3) is 0 Å². The number of aromatic carboxylic acids is 1. The van der Waals surface area contributed by atoms with E-state index in [-0.39, 0.29) is 11.3 Å². The molecule has 0 fully saturated rings. The van der Waals surface area contributed by atoms with Gasteiger partial charge in [0.1, 0.15) is 0 Å². The van der Waals surface area contributed by atoms with Gasteiger partial charge >= 0.3 is 16.2 Å². The summed E-state index contributed by atoms with van der Waals surface area (Å²) in [6.07, 6.45) is 0. The Morgan fingerprint density at radius 3 is 2.47 bits per heavy atom. The van der Waals surface area contributed by atoms with Gasteiger partial charge in [0.15, 0.2) is 0 Å². The van der Waals surface area contributed by atoms with Gasteiger partial charge in [-0.2, -0.15) is 12.7 Å². The van der Waals surface area contributed by atoms with E-state index >= 15 is 0 Å². The van der Waals surface area contributed by atoms with E-state index in [0.717, 1.165) is 4.31 Å². The normalized spacial score (nSPS) is 11.5. The van der Waals surface area contributed by atoms with Crippen LogP contribution in [-0.4, -0.2) is 37.9 Å². The largest absolute Gasteiger partial charge is 0.478 e. The lowest BCUT2D eigenvalue weighted by atomic mass is 10.2. The van der Waals surface area contributed by atoms with Crippen molar-refractivity contribution in [3.63, 3.8) is 0 Å². The van der Waals surface area contributed by atoms with Crippen molar-refractivity contribution in [1.82, 2.24) is 4.31 Å². The molecule has 94 valence electrons. The summed E-state index contributed by atoms with van der Waals surface area (Å²) in [6, 6.07) is 4.24. The average Bonchev–Trinajstić information content (AvgIpc) is 2.15. The molecule has 1 aromatic rings. The van der Waals surface area contributed by atoms with Gasteiger partial charge < -0.3 is 5.11 Å². The molecule has 8 heteroatoms. The minimum atomic E-state index is -3.72. The SMILES string of the molecule is CN(C)S(=O)(=O)Nc1cc(Br)ccc1C(=O)O. The number of hydrogen-bond donors (Lipinski definition) is 2. The molecule has 2 N–H and O–H groups in total. The molecule has 1 aromatic carbocycles. The zero-order chi connectivity index (χ0) is 13.2. The Kier molecular flexibility index (Phi) is 4.12. The van der Waals surface area contributed by atoms with E-state index in [1.165, 1.54) is 32.3 Å². The molecule has 1 rings (SSSR count). The molecule has 0 atom stereocenters. The Morgan fingerprint density at radius 2 is 2.00 bits per heavy atom. The molecule has 0 saturated carbocycles. The predicted octanol–water partition coefficient (Wildman–Crippen LogP) is 1.37. The third-order valence-electron chi connectivity index (χ3n) is 1.93. The van der Waals surface area contributed by atoms with Crippen LogP contribution in [0.1, 0.15) is 10.4 Å². The second-order valence-corrected chi connectivity index (χ2v) is 6.18. The highest BCUT2D eigenvalue weighted by atomic mass is 79.9. The maximum atomic E-state index is 11.6. The Hall–Kier alpha value is -1.12. The van der Waals surface area contributed by atoms with Gasteiger partial charge in [0.05, 0.1) is 11.3 Å². The summed E-state index contributed by atoms with van der Waals surface area (Å²) in [4.78, 5) is 10.9. The van der Waals surface area contributed by atoms with E-state index < -0.39 is 16.2 Å². The summed E-state index contributed by atoms with van der Waals surface area (Å²) in [6.45, 7) is 0. The topological polar surface area (TPSA) is 86.7 Å². The minimum Gasteiger partial charge on any atom is -0.478 e. The van der Waals surface area contributed by atoms with Crippen LogP contribution >= 0.6 is 15.9 Å². The van der Waals surface area contributed by atoms with Crippen LogP contribution in [0.2, 0.25) is 0 Å². The number of halogens is 1. The lowest BCUT2D eigenvalue weighted by Gasteiger charge is -2.15. The number of carboxylic acids is 1. The molecular formula is C9H11BrN2O4S. The van der Waals surface area contributed by atoms with Gasteiger partial charge in [-0.05, 0) is 18.2 Å². The zero-order valence-corrected chi connectivity index (χ0v) is 11.5. The molecule has 0 radical (unpaired) electrons. The first-order valence-corrected chi connectivity index (χ1v) is 6.70. The summed E-state index contributed by atoms with van der Waals surface area (Å²) in [5.74, 6) is -1.20. The summed E-state index contributed by atoms with van der Waals surface area (Å²) >= 11 is 3.15. The standard InChI is InChI=1S/C9H11BrN2O4S/c1-12(2)17(15,16)11-8-5-6(10)3-4-7(8)9(13)14/h3-5,11H,1-2H3,(H,13,14). The molecular weight excluding hydrogens is 312 g/mol. The second kappa shape index (κ2) is 5.03. The van der Waals surface area contributed by atoms with Crippen molar-refractivity contribution in [2.45, 2.75) is 0 Å². The minimum absolute atomic E-state index is 0.0144. The molecule has 6 nitrogen and oxygen atoms in total. The summed E-state index contributed by atoms with van der Waals surface area (Å²) in [5, 5.41) is 8.93. The van der Waals surface area contributed by atoms with Crippen LogP contribution in [0.3, 0.4) is 0 Å². The Bertz CT molecular complexity index is 542. The van der Waals surface area contributed by atoms with Crippen molar-refractivity contribution in [3.05, 3.63) is 28.2 Å². The van der Waals surface area contributed by atoms with Gasteiger partial charge in [-0.25, -0.2) is 4.79 Å². The van der Waals surface area contributed by atoms with E-state index in [1.807, 2.05) is 0 Å². The molecule has 0 saturated heterocycles. The second-order valence-electron chi connectivity index (χ2n) is 3.38. The molecule has 0 heterocycles. The fourth-order valence-corrected chi connectivity index (χ4v) is 2.01. The number of carboxylic acid groups (broad SMARTS) is 1. The predicted molar refractivity (Wildman–Crippen MR) is 67.3 cm³/mol. The molecule has 0 spiro atoms. The van der Waals surface area contributed by atoms with Crippen LogP contribution in [0, 0.1) is 0 Å². The van der Waals surface area contributed by atoms with Gasteiger partial charge in [0, 0.05) is 18.6 Å². The van der Waals surface area contributed by atoms with Crippen LogP contribution in [0.15, 0.2) is 22.7 Å². The number of nitrogens with one attached hydrogen (secondary N) is 1. The first-order valence-electron chi connectivity index (χ1n) is 4.47. The van der Waals surface area contributed by atoms with E-state index in [0.29, 0.717) is 4.47 Å². The third kappa shape index (κ3) is 3.42.